The second-order valence-electron chi connectivity index (χ2n) is 4.94. The van der Waals surface area contributed by atoms with Gasteiger partial charge in [-0.2, -0.15) is 0 Å². The fourth-order valence-corrected chi connectivity index (χ4v) is 2.63. The van der Waals surface area contributed by atoms with E-state index >= 15 is 0 Å². The van der Waals surface area contributed by atoms with Gasteiger partial charge in [0.2, 0.25) is 5.91 Å². The third-order valence-corrected chi connectivity index (χ3v) is 3.76. The van der Waals surface area contributed by atoms with Crippen molar-refractivity contribution in [1.82, 2.24) is 10.2 Å². The summed E-state index contributed by atoms with van der Waals surface area (Å²) in [6.45, 7) is 2.10. The molecule has 17 heavy (non-hydrogen) atoms. The number of carbonyl (C=O) groups excluding carboxylic acids is 1. The maximum atomic E-state index is 12.1. The largest absolute Gasteiger partial charge is 0.481 e. The predicted octanol–water partition coefficient (Wildman–Crippen LogP) is 0.452. The number of rotatable bonds is 2. The van der Waals surface area contributed by atoms with E-state index in [2.05, 4.69) is 5.32 Å². The van der Waals surface area contributed by atoms with E-state index in [0.717, 1.165) is 25.8 Å². The lowest BCUT2D eigenvalue weighted by molar-refractivity contribution is -0.146. The molecule has 1 unspecified atom stereocenters. The lowest BCUT2D eigenvalue weighted by atomic mass is 9.95. The Morgan fingerprint density at radius 2 is 1.82 bits per heavy atom. The number of likely N-dealkylation sites (tertiary alicyclic amines) is 1. The average Bonchev–Trinajstić information content (AvgIpc) is 2.39. The summed E-state index contributed by atoms with van der Waals surface area (Å²) in [6.07, 6.45) is 4.35. The summed E-state index contributed by atoms with van der Waals surface area (Å²) >= 11 is 0. The molecule has 2 saturated heterocycles. The molecule has 0 spiro atoms. The molecule has 0 aliphatic carbocycles. The minimum atomic E-state index is -0.729. The van der Waals surface area contributed by atoms with Gasteiger partial charge >= 0.3 is 5.97 Å². The first-order valence-electron chi connectivity index (χ1n) is 6.43. The van der Waals surface area contributed by atoms with Crippen LogP contribution in [-0.2, 0) is 9.59 Å². The zero-order valence-corrected chi connectivity index (χ0v) is 10.0. The lowest BCUT2D eigenvalue weighted by Gasteiger charge is -2.34. The summed E-state index contributed by atoms with van der Waals surface area (Å²) in [4.78, 5) is 24.8. The Hall–Kier alpha value is -1.10. The molecule has 2 aliphatic heterocycles. The van der Waals surface area contributed by atoms with E-state index in [1.54, 1.807) is 0 Å². The first-order chi connectivity index (χ1) is 8.18. The molecule has 2 aliphatic rings. The van der Waals surface area contributed by atoms with Crippen LogP contribution in [0.3, 0.4) is 0 Å². The molecule has 0 saturated carbocycles. The molecule has 5 heteroatoms. The molecule has 2 rings (SSSR count). The van der Waals surface area contributed by atoms with Crippen molar-refractivity contribution in [2.75, 3.05) is 19.6 Å². The Kier molecular flexibility index (Phi) is 3.99. The maximum Gasteiger partial charge on any atom is 0.306 e. The van der Waals surface area contributed by atoms with E-state index in [-0.39, 0.29) is 17.9 Å². The third kappa shape index (κ3) is 2.97. The number of piperidine rings is 2. The third-order valence-electron chi connectivity index (χ3n) is 3.76. The lowest BCUT2D eigenvalue weighted by Crippen LogP contribution is -2.51. The number of carbonyl (C=O) groups is 2. The molecule has 0 aromatic heterocycles. The summed E-state index contributed by atoms with van der Waals surface area (Å²) in [5, 5.41) is 12.1. The van der Waals surface area contributed by atoms with Gasteiger partial charge in [0.15, 0.2) is 0 Å². The van der Waals surface area contributed by atoms with Crippen molar-refractivity contribution in [2.24, 2.45) is 5.92 Å². The molecule has 0 aromatic carbocycles. The molecular formula is C12H20N2O3. The van der Waals surface area contributed by atoms with Gasteiger partial charge < -0.3 is 15.3 Å². The SMILES string of the molecule is O=C(O)C1CCN(C(=O)C2CCCCN2)CC1. The molecular weight excluding hydrogens is 220 g/mol. The maximum absolute atomic E-state index is 12.1. The Labute approximate surface area is 101 Å². The highest BCUT2D eigenvalue weighted by molar-refractivity contribution is 5.82. The van der Waals surface area contributed by atoms with Crippen LogP contribution in [0.1, 0.15) is 32.1 Å². The van der Waals surface area contributed by atoms with E-state index in [0.29, 0.717) is 25.9 Å². The van der Waals surface area contributed by atoms with Crippen molar-refractivity contribution >= 4 is 11.9 Å². The molecule has 2 N–H and O–H groups in total. The van der Waals surface area contributed by atoms with Crippen LogP contribution < -0.4 is 5.32 Å². The molecule has 5 nitrogen and oxygen atoms in total. The first-order valence-corrected chi connectivity index (χ1v) is 6.43. The minimum Gasteiger partial charge on any atom is -0.481 e. The Balaban J connectivity index is 1.83. The van der Waals surface area contributed by atoms with E-state index < -0.39 is 5.97 Å². The van der Waals surface area contributed by atoms with Gasteiger partial charge in [-0.05, 0) is 32.2 Å². The molecule has 0 aromatic rings. The highest BCUT2D eigenvalue weighted by Gasteiger charge is 2.30. The number of nitrogens with one attached hydrogen (secondary N) is 1. The molecule has 2 fully saturated rings. The Bertz CT molecular complexity index is 292. The molecule has 96 valence electrons. The molecule has 2 heterocycles. The van der Waals surface area contributed by atoms with Crippen molar-refractivity contribution in [3.05, 3.63) is 0 Å². The second-order valence-corrected chi connectivity index (χ2v) is 4.94. The summed E-state index contributed by atoms with van der Waals surface area (Å²) in [5.74, 6) is -0.834. The van der Waals surface area contributed by atoms with Crippen LogP contribution in [0.4, 0.5) is 0 Å². The van der Waals surface area contributed by atoms with Crippen LogP contribution in [0, 0.1) is 5.92 Å². The summed E-state index contributed by atoms with van der Waals surface area (Å²) in [7, 11) is 0. The van der Waals surface area contributed by atoms with Crippen molar-refractivity contribution in [3.8, 4) is 0 Å². The Morgan fingerprint density at radius 1 is 1.12 bits per heavy atom. The van der Waals surface area contributed by atoms with Crippen LogP contribution in [0.15, 0.2) is 0 Å². The monoisotopic (exact) mass is 240 g/mol. The molecule has 1 atom stereocenters. The normalized spacial score (nSPS) is 26.8. The van der Waals surface area contributed by atoms with E-state index in [1.165, 1.54) is 0 Å². The van der Waals surface area contributed by atoms with E-state index in [9.17, 15) is 9.59 Å². The van der Waals surface area contributed by atoms with Crippen LogP contribution in [0.5, 0.6) is 0 Å². The van der Waals surface area contributed by atoms with Gasteiger partial charge in [0, 0.05) is 13.1 Å². The fourth-order valence-electron chi connectivity index (χ4n) is 2.63. The summed E-state index contributed by atoms with van der Waals surface area (Å²) in [6, 6.07) is -0.0369. The van der Waals surface area contributed by atoms with E-state index in [1.807, 2.05) is 4.90 Å². The van der Waals surface area contributed by atoms with Gasteiger partial charge in [-0.25, -0.2) is 0 Å². The number of carboxylic acids is 1. The van der Waals surface area contributed by atoms with Crippen LogP contribution in [0.25, 0.3) is 0 Å². The van der Waals surface area contributed by atoms with Crippen molar-refractivity contribution in [3.63, 3.8) is 0 Å². The highest BCUT2D eigenvalue weighted by atomic mass is 16.4. The summed E-state index contributed by atoms with van der Waals surface area (Å²) in [5.41, 5.74) is 0. The van der Waals surface area contributed by atoms with Gasteiger partial charge in [-0.3, -0.25) is 9.59 Å². The van der Waals surface area contributed by atoms with Gasteiger partial charge in [-0.1, -0.05) is 6.42 Å². The number of amides is 1. The number of carboxylic acid groups (broad SMARTS) is 1. The van der Waals surface area contributed by atoms with Gasteiger partial charge in [0.25, 0.3) is 0 Å². The first kappa shape index (κ1) is 12.4. The van der Waals surface area contributed by atoms with Gasteiger partial charge in [-0.15, -0.1) is 0 Å². The zero-order chi connectivity index (χ0) is 12.3. The Morgan fingerprint density at radius 3 is 2.35 bits per heavy atom. The number of hydrogen-bond acceptors (Lipinski definition) is 3. The highest BCUT2D eigenvalue weighted by Crippen LogP contribution is 2.19. The van der Waals surface area contributed by atoms with Crippen molar-refractivity contribution in [2.45, 2.75) is 38.1 Å². The van der Waals surface area contributed by atoms with Gasteiger partial charge in [0.05, 0.1) is 12.0 Å². The van der Waals surface area contributed by atoms with Crippen molar-refractivity contribution < 1.29 is 14.7 Å². The molecule has 1 amide bonds. The average molecular weight is 240 g/mol. The molecule has 0 radical (unpaired) electrons. The quantitative estimate of drug-likeness (QED) is 0.735. The van der Waals surface area contributed by atoms with Crippen molar-refractivity contribution in [1.29, 1.82) is 0 Å². The molecule has 0 bridgehead atoms. The second kappa shape index (κ2) is 5.49. The topological polar surface area (TPSA) is 69.6 Å². The standard InChI is InChI=1S/C12H20N2O3/c15-11(10-3-1-2-6-13-10)14-7-4-9(5-8-14)12(16)17/h9-10,13H,1-8H2,(H,16,17). The predicted molar refractivity (Wildman–Crippen MR) is 62.6 cm³/mol. The number of hydrogen-bond donors (Lipinski definition) is 2. The van der Waals surface area contributed by atoms with Crippen LogP contribution in [-0.4, -0.2) is 47.6 Å². The fraction of sp³-hybridized carbons (Fsp3) is 0.833. The van der Waals surface area contributed by atoms with E-state index in [4.69, 9.17) is 5.11 Å². The number of aliphatic carboxylic acids is 1. The van der Waals surface area contributed by atoms with Gasteiger partial charge in [0.1, 0.15) is 0 Å². The summed E-state index contributed by atoms with van der Waals surface area (Å²) < 4.78 is 0. The zero-order valence-electron chi connectivity index (χ0n) is 10.0. The van der Waals surface area contributed by atoms with Crippen LogP contribution >= 0.6 is 0 Å². The minimum absolute atomic E-state index is 0.0369. The number of nitrogens with zero attached hydrogens (tertiary/aromatic N) is 1. The smallest absolute Gasteiger partial charge is 0.306 e. The van der Waals surface area contributed by atoms with Crippen LogP contribution in [0.2, 0.25) is 0 Å².